The molecule has 0 atom stereocenters. The van der Waals surface area contributed by atoms with Crippen LogP contribution in [0.25, 0.3) is 11.0 Å². The smallest absolute Gasteiger partial charge is 0.310 e. The van der Waals surface area contributed by atoms with Crippen molar-refractivity contribution in [1.82, 2.24) is 0 Å². The number of esters is 1. The summed E-state index contributed by atoms with van der Waals surface area (Å²) in [7, 11) is 0. The maximum atomic E-state index is 13.6. The molecule has 0 bridgehead atoms. The van der Waals surface area contributed by atoms with E-state index in [0.29, 0.717) is 5.56 Å². The highest BCUT2D eigenvalue weighted by Gasteiger charge is 2.15. The number of benzene rings is 2. The third-order valence-electron chi connectivity index (χ3n) is 4.24. The summed E-state index contributed by atoms with van der Waals surface area (Å²) in [5, 5.41) is 3.43. The minimum Gasteiger partial charge on any atom is -0.464 e. The molecular weight excluding hydrogens is 373 g/mol. The summed E-state index contributed by atoms with van der Waals surface area (Å²) in [5.41, 5.74) is 3.44. The van der Waals surface area contributed by atoms with Crippen molar-refractivity contribution >= 4 is 40.1 Å². The SMILES string of the molecule is Cc1ccc2c(CC(=O)OCC(=O)Nc3cc(Cl)ccc3F)coc2c1C. The summed E-state index contributed by atoms with van der Waals surface area (Å²) in [6.45, 7) is 3.40. The van der Waals surface area contributed by atoms with Crippen LogP contribution < -0.4 is 5.32 Å². The normalized spacial score (nSPS) is 10.8. The van der Waals surface area contributed by atoms with Crippen molar-refractivity contribution < 1.29 is 23.1 Å². The number of nitrogens with one attached hydrogen (secondary N) is 1. The van der Waals surface area contributed by atoms with Crippen LogP contribution in [0.3, 0.4) is 0 Å². The summed E-state index contributed by atoms with van der Waals surface area (Å²) >= 11 is 5.76. The van der Waals surface area contributed by atoms with Gasteiger partial charge in [0.05, 0.1) is 18.4 Å². The number of amides is 1. The lowest BCUT2D eigenvalue weighted by atomic mass is 10.0. The van der Waals surface area contributed by atoms with Crippen molar-refractivity contribution in [1.29, 1.82) is 0 Å². The Morgan fingerprint density at radius 1 is 1.22 bits per heavy atom. The van der Waals surface area contributed by atoms with Crippen LogP contribution in [0.2, 0.25) is 5.02 Å². The highest BCUT2D eigenvalue weighted by atomic mass is 35.5. The predicted molar refractivity (Wildman–Crippen MR) is 100 cm³/mol. The van der Waals surface area contributed by atoms with Gasteiger partial charge in [-0.15, -0.1) is 0 Å². The first-order chi connectivity index (χ1) is 12.8. The van der Waals surface area contributed by atoms with Gasteiger partial charge in [0.2, 0.25) is 0 Å². The van der Waals surface area contributed by atoms with E-state index in [4.69, 9.17) is 20.8 Å². The average Bonchev–Trinajstić information content (AvgIpc) is 3.03. The fourth-order valence-electron chi connectivity index (χ4n) is 2.66. The van der Waals surface area contributed by atoms with E-state index in [1.807, 2.05) is 26.0 Å². The van der Waals surface area contributed by atoms with Crippen LogP contribution in [0.1, 0.15) is 16.7 Å². The second kappa shape index (κ2) is 7.80. The zero-order valence-corrected chi connectivity index (χ0v) is 15.5. The lowest BCUT2D eigenvalue weighted by Crippen LogP contribution is -2.22. The number of fused-ring (bicyclic) bond motifs is 1. The van der Waals surface area contributed by atoms with E-state index in [1.165, 1.54) is 18.4 Å². The summed E-state index contributed by atoms with van der Waals surface area (Å²) < 4.78 is 24.1. The number of hydrogen-bond acceptors (Lipinski definition) is 4. The zero-order valence-electron chi connectivity index (χ0n) is 14.8. The van der Waals surface area contributed by atoms with Gasteiger partial charge in [-0.25, -0.2) is 4.39 Å². The number of carbonyl (C=O) groups is 2. The standard InChI is InChI=1S/C20H17ClFNO4/c1-11-3-5-15-13(9-27-20(15)12(11)2)7-19(25)26-10-18(24)23-17-8-14(21)4-6-16(17)22/h3-6,8-9H,7,10H2,1-2H3,(H,23,24). The van der Waals surface area contributed by atoms with E-state index >= 15 is 0 Å². The lowest BCUT2D eigenvalue weighted by Gasteiger charge is -2.08. The highest BCUT2D eigenvalue weighted by Crippen LogP contribution is 2.27. The fraction of sp³-hybridized carbons (Fsp3) is 0.200. The molecule has 0 saturated carbocycles. The van der Waals surface area contributed by atoms with Crippen LogP contribution in [-0.2, 0) is 20.7 Å². The van der Waals surface area contributed by atoms with Gasteiger partial charge in [0.15, 0.2) is 6.61 Å². The first-order valence-corrected chi connectivity index (χ1v) is 8.59. The van der Waals surface area contributed by atoms with Crippen molar-refractivity contribution in [2.45, 2.75) is 20.3 Å². The maximum Gasteiger partial charge on any atom is 0.310 e. The Balaban J connectivity index is 1.59. The van der Waals surface area contributed by atoms with Gasteiger partial charge in [-0.2, -0.15) is 0 Å². The number of furan rings is 1. The molecule has 0 radical (unpaired) electrons. The largest absolute Gasteiger partial charge is 0.464 e. The quantitative estimate of drug-likeness (QED) is 0.649. The maximum absolute atomic E-state index is 13.6. The second-order valence-corrected chi connectivity index (χ2v) is 6.59. The fourth-order valence-corrected chi connectivity index (χ4v) is 2.83. The molecule has 1 amide bonds. The number of hydrogen-bond donors (Lipinski definition) is 1. The summed E-state index contributed by atoms with van der Waals surface area (Å²) in [6.07, 6.45) is 1.48. The van der Waals surface area contributed by atoms with Gasteiger partial charge in [-0.05, 0) is 43.2 Å². The van der Waals surface area contributed by atoms with Crippen molar-refractivity contribution in [2.24, 2.45) is 0 Å². The lowest BCUT2D eigenvalue weighted by molar-refractivity contribution is -0.146. The molecule has 0 aliphatic rings. The van der Waals surface area contributed by atoms with E-state index in [9.17, 15) is 14.0 Å². The summed E-state index contributed by atoms with van der Waals surface area (Å²) in [6, 6.07) is 7.62. The highest BCUT2D eigenvalue weighted by molar-refractivity contribution is 6.30. The molecular formula is C20H17ClFNO4. The van der Waals surface area contributed by atoms with Gasteiger partial charge in [0.1, 0.15) is 11.4 Å². The number of carbonyl (C=O) groups excluding carboxylic acids is 2. The van der Waals surface area contributed by atoms with Crippen LogP contribution in [0.4, 0.5) is 10.1 Å². The molecule has 5 nitrogen and oxygen atoms in total. The summed E-state index contributed by atoms with van der Waals surface area (Å²) in [4.78, 5) is 23.9. The minimum atomic E-state index is -0.659. The van der Waals surface area contributed by atoms with Gasteiger partial charge in [0, 0.05) is 16.0 Å². The molecule has 0 saturated heterocycles. The van der Waals surface area contributed by atoms with Gasteiger partial charge in [-0.1, -0.05) is 23.7 Å². The average molecular weight is 390 g/mol. The monoisotopic (exact) mass is 389 g/mol. The van der Waals surface area contributed by atoms with Crippen LogP contribution in [-0.4, -0.2) is 18.5 Å². The van der Waals surface area contributed by atoms with Gasteiger partial charge < -0.3 is 14.5 Å². The van der Waals surface area contributed by atoms with Gasteiger partial charge in [0.25, 0.3) is 5.91 Å². The third kappa shape index (κ3) is 4.28. The van der Waals surface area contributed by atoms with Crippen LogP contribution >= 0.6 is 11.6 Å². The van der Waals surface area contributed by atoms with Crippen LogP contribution in [0, 0.1) is 19.7 Å². The number of halogens is 2. The van der Waals surface area contributed by atoms with E-state index in [1.54, 1.807) is 0 Å². The van der Waals surface area contributed by atoms with Crippen LogP contribution in [0.5, 0.6) is 0 Å². The van der Waals surface area contributed by atoms with E-state index in [2.05, 4.69) is 5.32 Å². The molecule has 0 fully saturated rings. The molecule has 1 heterocycles. The van der Waals surface area contributed by atoms with Crippen molar-refractivity contribution in [2.75, 3.05) is 11.9 Å². The van der Waals surface area contributed by atoms with Crippen molar-refractivity contribution in [3.63, 3.8) is 0 Å². The van der Waals surface area contributed by atoms with E-state index < -0.39 is 24.3 Å². The molecule has 1 N–H and O–H groups in total. The van der Waals surface area contributed by atoms with E-state index in [-0.39, 0.29) is 17.1 Å². The second-order valence-electron chi connectivity index (χ2n) is 6.15. The number of rotatable bonds is 5. The molecule has 0 unspecified atom stereocenters. The number of ether oxygens (including phenoxy) is 1. The first-order valence-electron chi connectivity index (χ1n) is 8.22. The van der Waals surface area contributed by atoms with Gasteiger partial charge in [-0.3, -0.25) is 9.59 Å². The molecule has 27 heavy (non-hydrogen) atoms. The Morgan fingerprint density at radius 2 is 2.00 bits per heavy atom. The molecule has 3 rings (SSSR count). The molecule has 0 aliphatic heterocycles. The predicted octanol–water partition coefficient (Wildman–Crippen LogP) is 4.57. The topological polar surface area (TPSA) is 68.5 Å². The Morgan fingerprint density at radius 3 is 2.78 bits per heavy atom. The molecule has 2 aromatic carbocycles. The minimum absolute atomic E-state index is 0.0334. The number of aryl methyl sites for hydroxylation is 2. The molecule has 0 spiro atoms. The Labute approximate surface area is 160 Å². The zero-order chi connectivity index (χ0) is 19.6. The molecule has 3 aromatic rings. The Hall–Kier alpha value is -2.86. The molecule has 1 aromatic heterocycles. The first kappa shape index (κ1) is 18.9. The van der Waals surface area contributed by atoms with E-state index in [0.717, 1.165) is 28.2 Å². The van der Waals surface area contributed by atoms with Crippen LogP contribution in [0.15, 0.2) is 41.0 Å². The summed E-state index contributed by atoms with van der Waals surface area (Å²) in [5.74, 6) is -1.87. The Bertz CT molecular complexity index is 1030. The van der Waals surface area contributed by atoms with Crippen molar-refractivity contribution in [3.8, 4) is 0 Å². The molecule has 140 valence electrons. The van der Waals surface area contributed by atoms with Gasteiger partial charge >= 0.3 is 5.97 Å². The Kier molecular flexibility index (Phi) is 5.46. The van der Waals surface area contributed by atoms with Crippen molar-refractivity contribution in [3.05, 3.63) is 64.1 Å². The molecule has 0 aliphatic carbocycles. The third-order valence-corrected chi connectivity index (χ3v) is 4.48. The number of anilines is 1. The molecule has 7 heteroatoms.